The molecule has 0 saturated heterocycles. The molecular weight excluding hydrogens is 774 g/mol. The molecule has 4 aliphatic rings. The van der Waals surface area contributed by atoms with Gasteiger partial charge in [0.15, 0.2) is 0 Å². The van der Waals surface area contributed by atoms with Crippen molar-refractivity contribution in [1.29, 1.82) is 0 Å². The Hall–Kier alpha value is -5.47. The van der Waals surface area contributed by atoms with Crippen molar-refractivity contribution in [3.63, 3.8) is 0 Å². The normalized spacial score (nSPS) is 14.5. The zero-order valence-corrected chi connectivity index (χ0v) is 40.4. The van der Waals surface area contributed by atoms with E-state index in [1.165, 1.54) is 121 Å². The van der Waals surface area contributed by atoms with E-state index in [2.05, 4.69) is 182 Å². The van der Waals surface area contributed by atoms with Crippen molar-refractivity contribution in [2.24, 2.45) is 0 Å². The Morgan fingerprint density at radius 3 is 1.06 bits per heavy atom. The zero-order chi connectivity index (χ0) is 44.8. The van der Waals surface area contributed by atoms with Crippen molar-refractivity contribution < 1.29 is 9.47 Å². The van der Waals surface area contributed by atoms with Gasteiger partial charge in [0, 0.05) is 0 Å². The molecule has 0 atom stereocenters. The highest BCUT2D eigenvalue weighted by Crippen LogP contribution is 2.51. The van der Waals surface area contributed by atoms with Gasteiger partial charge in [0.2, 0.25) is 0 Å². The number of hydrogen-bond acceptors (Lipinski definition) is 2. The summed E-state index contributed by atoms with van der Waals surface area (Å²) < 4.78 is 14.2. The molecule has 8 aromatic carbocycles. The predicted molar refractivity (Wildman–Crippen MR) is 277 cm³/mol. The summed E-state index contributed by atoms with van der Waals surface area (Å²) in [6.07, 6.45) is 0. The van der Waals surface area contributed by atoms with Crippen LogP contribution in [0, 0.1) is 0 Å². The average molecular weight is 835 g/mol. The lowest BCUT2D eigenvalue weighted by Gasteiger charge is -2.39. The minimum absolute atomic E-state index is 0.0463. The van der Waals surface area contributed by atoms with Crippen molar-refractivity contribution in [3.8, 4) is 45.3 Å². The largest absolute Gasteiger partial charge is 0.458 e. The fourth-order valence-corrected chi connectivity index (χ4v) is 12.2. The van der Waals surface area contributed by atoms with Crippen LogP contribution in [0.2, 0.25) is 0 Å². The summed E-state index contributed by atoms with van der Waals surface area (Å²) in [6, 6.07) is 34.4. The van der Waals surface area contributed by atoms with E-state index in [9.17, 15) is 0 Å². The van der Waals surface area contributed by atoms with E-state index < -0.39 is 0 Å². The summed E-state index contributed by atoms with van der Waals surface area (Å²) in [6.45, 7) is 33.0. The molecule has 64 heavy (non-hydrogen) atoms. The summed E-state index contributed by atoms with van der Waals surface area (Å²) in [5.41, 5.74) is 21.2. The van der Waals surface area contributed by atoms with Crippen LogP contribution in [-0.4, -0.2) is 13.4 Å². The summed E-state index contributed by atoms with van der Waals surface area (Å²) >= 11 is 0. The van der Waals surface area contributed by atoms with E-state index in [0.717, 1.165) is 23.0 Å². The molecule has 0 spiro atoms. The van der Waals surface area contributed by atoms with Gasteiger partial charge in [-0.05, 0) is 181 Å². The smallest absolute Gasteiger partial charge is 0.252 e. The topological polar surface area (TPSA) is 18.5 Å². The zero-order valence-electron chi connectivity index (χ0n) is 40.4. The standard InChI is InChI=1S/C60H60B2O2/c1-29(2)33-15-17-45-49(21-33)63-51-23-35(31(5)6)19-39-37-25-44(60(12,13)14)42-28-48-54-38(26-43(59(9,10)11)41-27-47(61(45)57(39)51)53(37)55(42)56(41)54)40-20-36(32(7)8)24-52-58(40)62(48)46-18-16-34(30(3)4)22-50(46)64-52/h15-32H,1-14H3. The second-order valence-corrected chi connectivity index (χ2v) is 23.2. The highest BCUT2D eigenvalue weighted by molar-refractivity contribution is 7.01. The van der Waals surface area contributed by atoms with Crippen LogP contribution < -0.4 is 42.3 Å². The molecule has 0 aliphatic carbocycles. The lowest BCUT2D eigenvalue weighted by molar-refractivity contribution is 0.485. The van der Waals surface area contributed by atoms with E-state index >= 15 is 0 Å². The molecule has 4 heteroatoms. The van der Waals surface area contributed by atoms with Crippen molar-refractivity contribution >= 4 is 78.5 Å². The highest BCUT2D eigenvalue weighted by atomic mass is 16.5. The molecule has 2 nitrogen and oxygen atoms in total. The van der Waals surface area contributed by atoms with Gasteiger partial charge in [0.1, 0.15) is 23.0 Å². The van der Waals surface area contributed by atoms with Gasteiger partial charge in [0.25, 0.3) is 13.4 Å². The van der Waals surface area contributed by atoms with Crippen LogP contribution in [0.25, 0.3) is 54.6 Å². The van der Waals surface area contributed by atoms with E-state index in [1.54, 1.807) is 0 Å². The fourth-order valence-electron chi connectivity index (χ4n) is 12.2. The van der Waals surface area contributed by atoms with Crippen LogP contribution in [0.5, 0.6) is 23.0 Å². The lowest BCUT2D eigenvalue weighted by Crippen LogP contribution is -2.58. The number of rotatable bonds is 4. The third kappa shape index (κ3) is 5.35. The predicted octanol–water partition coefficient (Wildman–Crippen LogP) is 12.9. The number of benzene rings is 8. The molecule has 0 saturated carbocycles. The lowest BCUT2D eigenvalue weighted by atomic mass is 9.31. The summed E-state index contributed by atoms with van der Waals surface area (Å²) in [5.74, 6) is 5.55. The highest BCUT2D eigenvalue weighted by Gasteiger charge is 2.45. The maximum atomic E-state index is 7.11. The molecule has 0 fully saturated rings. The van der Waals surface area contributed by atoms with Crippen LogP contribution in [0.15, 0.2) is 84.9 Å². The molecule has 0 radical (unpaired) electrons. The van der Waals surface area contributed by atoms with Gasteiger partial charge in [0.05, 0.1) is 0 Å². The van der Waals surface area contributed by atoms with Gasteiger partial charge < -0.3 is 9.47 Å². The first-order chi connectivity index (χ1) is 30.3. The van der Waals surface area contributed by atoms with Crippen molar-refractivity contribution in [1.82, 2.24) is 0 Å². The maximum absolute atomic E-state index is 7.11. The maximum Gasteiger partial charge on any atom is 0.252 e. The van der Waals surface area contributed by atoms with Gasteiger partial charge >= 0.3 is 0 Å². The minimum atomic E-state index is -0.131. The van der Waals surface area contributed by atoms with Crippen LogP contribution in [0.3, 0.4) is 0 Å². The summed E-state index contributed by atoms with van der Waals surface area (Å²) in [4.78, 5) is 0. The molecule has 4 aliphatic heterocycles. The number of ether oxygens (including phenoxy) is 2. The second kappa shape index (κ2) is 13.1. The van der Waals surface area contributed by atoms with Gasteiger partial charge in [-0.1, -0.05) is 156 Å². The number of fused-ring (bicyclic) bond motifs is 8. The van der Waals surface area contributed by atoms with Crippen LogP contribution in [-0.2, 0) is 10.8 Å². The van der Waals surface area contributed by atoms with E-state index in [-0.39, 0.29) is 24.3 Å². The molecule has 0 unspecified atom stereocenters. The van der Waals surface area contributed by atoms with Crippen LogP contribution >= 0.6 is 0 Å². The Labute approximate surface area is 381 Å². The average Bonchev–Trinajstić information content (AvgIpc) is 3.23. The molecule has 12 rings (SSSR count). The molecule has 0 N–H and O–H groups in total. The monoisotopic (exact) mass is 834 g/mol. The van der Waals surface area contributed by atoms with Crippen LogP contribution in [0.4, 0.5) is 0 Å². The second-order valence-electron chi connectivity index (χ2n) is 23.2. The van der Waals surface area contributed by atoms with Gasteiger partial charge in [-0.25, -0.2) is 0 Å². The van der Waals surface area contributed by atoms with Crippen molar-refractivity contribution in [3.05, 3.63) is 118 Å². The first-order valence-corrected chi connectivity index (χ1v) is 24.2. The minimum Gasteiger partial charge on any atom is -0.458 e. The first kappa shape index (κ1) is 40.1. The Bertz CT molecular complexity index is 3140. The molecular formula is C60H60B2O2. The van der Waals surface area contributed by atoms with Crippen molar-refractivity contribution in [2.75, 3.05) is 0 Å². The summed E-state index contributed by atoms with van der Waals surface area (Å²) in [7, 11) is 0. The Kier molecular flexibility index (Phi) is 8.19. The summed E-state index contributed by atoms with van der Waals surface area (Å²) in [5, 5.41) is 8.47. The Balaban J connectivity index is 1.31. The molecule has 8 aromatic rings. The van der Waals surface area contributed by atoms with E-state index in [0.29, 0.717) is 23.7 Å². The van der Waals surface area contributed by atoms with E-state index in [1.807, 2.05) is 0 Å². The molecule has 0 bridgehead atoms. The third-order valence-electron chi connectivity index (χ3n) is 15.7. The SMILES string of the molecule is CC(C)c1ccc2c(c1)Oc1cc(C(C)C)cc3c1B2c1cc2c(C(C)(C)C)cc4c5c(cc6c(C(C)(C)C)cc-3c1c6c25)B1c2ccc(C(C)C)cc2Oc2cc(C(C)C)cc-4c21. The van der Waals surface area contributed by atoms with Crippen molar-refractivity contribution in [2.45, 2.75) is 131 Å². The van der Waals surface area contributed by atoms with Crippen LogP contribution in [0.1, 0.15) is 154 Å². The quantitative estimate of drug-likeness (QED) is 0.130. The molecule has 0 amide bonds. The fraction of sp³-hybridized carbons (Fsp3) is 0.333. The Morgan fingerprint density at radius 1 is 0.359 bits per heavy atom. The molecule has 318 valence electrons. The van der Waals surface area contributed by atoms with Gasteiger partial charge in [-0.15, -0.1) is 0 Å². The van der Waals surface area contributed by atoms with E-state index in [4.69, 9.17) is 9.47 Å². The molecule has 0 aromatic heterocycles. The first-order valence-electron chi connectivity index (χ1n) is 24.2. The number of hydrogen-bond donors (Lipinski definition) is 0. The van der Waals surface area contributed by atoms with Gasteiger partial charge in [-0.2, -0.15) is 0 Å². The molecule has 4 heterocycles. The Morgan fingerprint density at radius 2 is 0.719 bits per heavy atom. The van der Waals surface area contributed by atoms with Gasteiger partial charge in [-0.3, -0.25) is 0 Å². The third-order valence-corrected chi connectivity index (χ3v) is 15.7.